The first-order valence-electron chi connectivity index (χ1n) is 3.62. The number of nitrogens with two attached hydrogens (primary N) is 2. The van der Waals surface area contributed by atoms with E-state index < -0.39 is 0 Å². The highest BCUT2D eigenvalue weighted by Gasteiger charge is 2.00. The normalized spacial score (nSPS) is 14.9. The molecule has 0 aromatic heterocycles. The summed E-state index contributed by atoms with van der Waals surface area (Å²) in [6, 6.07) is 0. The molecule has 0 rings (SSSR count). The molecule has 0 aliphatic rings. The van der Waals surface area contributed by atoms with E-state index in [1.807, 2.05) is 0 Å². The van der Waals surface area contributed by atoms with Crippen LogP contribution in [0, 0.1) is 5.92 Å². The summed E-state index contributed by atoms with van der Waals surface area (Å²) >= 11 is 0. The third-order valence-corrected chi connectivity index (χ3v) is 1.65. The largest absolute Gasteiger partial charge is 0.403 e. The molecule has 3 heteroatoms. The zero-order chi connectivity index (χ0) is 7.98. The summed E-state index contributed by atoms with van der Waals surface area (Å²) < 4.78 is 0. The van der Waals surface area contributed by atoms with Crippen LogP contribution in [0.3, 0.4) is 0 Å². The smallest absolute Gasteiger partial charge is 0.0416 e. The van der Waals surface area contributed by atoms with Gasteiger partial charge in [0, 0.05) is 11.9 Å². The van der Waals surface area contributed by atoms with E-state index in [2.05, 4.69) is 19.3 Å². The van der Waals surface area contributed by atoms with Gasteiger partial charge in [0.2, 0.25) is 0 Å². The Morgan fingerprint density at radius 2 is 2.30 bits per heavy atom. The summed E-state index contributed by atoms with van der Waals surface area (Å²) in [5.41, 5.74) is 8.75. The zero-order valence-corrected chi connectivity index (χ0v) is 6.72. The fraction of sp³-hybridized carbons (Fsp3) is 0.714. The van der Waals surface area contributed by atoms with Crippen molar-refractivity contribution < 1.29 is 0 Å². The highest BCUT2D eigenvalue weighted by molar-refractivity contribution is 4.95. The van der Waals surface area contributed by atoms with Crippen LogP contribution in [0.5, 0.6) is 0 Å². The van der Waals surface area contributed by atoms with Gasteiger partial charge in [-0.05, 0) is 12.3 Å². The first-order chi connectivity index (χ1) is 4.74. The number of hydrazine groups is 1. The van der Waals surface area contributed by atoms with Crippen molar-refractivity contribution in [2.24, 2.45) is 17.5 Å². The summed E-state index contributed by atoms with van der Waals surface area (Å²) in [6.45, 7) is 4.32. The first-order valence-corrected chi connectivity index (χ1v) is 3.62. The quantitative estimate of drug-likeness (QED) is 0.400. The Morgan fingerprint density at radius 1 is 1.70 bits per heavy atom. The number of allylic oxidation sites excluding steroid dienone is 1. The Labute approximate surface area is 62.4 Å². The predicted octanol–water partition coefficient (Wildman–Crippen LogP) is 0.686. The van der Waals surface area contributed by atoms with Gasteiger partial charge in [-0.1, -0.05) is 20.3 Å². The van der Waals surface area contributed by atoms with E-state index in [9.17, 15) is 0 Å². The molecule has 0 aromatic rings. The minimum atomic E-state index is 0.644. The molecule has 1 atom stereocenters. The lowest BCUT2D eigenvalue weighted by Gasteiger charge is -2.10. The van der Waals surface area contributed by atoms with Crippen molar-refractivity contribution in [1.29, 1.82) is 0 Å². The maximum atomic E-state index is 5.28. The highest BCUT2D eigenvalue weighted by Crippen LogP contribution is 2.10. The van der Waals surface area contributed by atoms with Crippen LogP contribution in [-0.4, -0.2) is 0 Å². The topological polar surface area (TPSA) is 64.1 Å². The van der Waals surface area contributed by atoms with Gasteiger partial charge in [0.25, 0.3) is 0 Å². The highest BCUT2D eigenvalue weighted by atomic mass is 15.2. The molecule has 0 saturated heterocycles. The molecule has 0 saturated carbocycles. The summed E-state index contributed by atoms with van der Waals surface area (Å²) in [5.74, 6) is 5.83. The van der Waals surface area contributed by atoms with Crippen molar-refractivity contribution >= 4 is 0 Å². The fourth-order valence-corrected chi connectivity index (χ4v) is 0.695. The molecule has 0 fully saturated rings. The van der Waals surface area contributed by atoms with Gasteiger partial charge in [-0.15, -0.1) is 0 Å². The molecule has 0 amide bonds. The Balaban J connectivity index is 3.64. The van der Waals surface area contributed by atoms with Crippen LogP contribution in [0.2, 0.25) is 0 Å². The molecule has 0 spiro atoms. The van der Waals surface area contributed by atoms with Crippen molar-refractivity contribution in [2.75, 3.05) is 0 Å². The van der Waals surface area contributed by atoms with E-state index in [0.29, 0.717) is 5.92 Å². The van der Waals surface area contributed by atoms with E-state index in [4.69, 9.17) is 11.6 Å². The van der Waals surface area contributed by atoms with Gasteiger partial charge in [0.05, 0.1) is 0 Å². The van der Waals surface area contributed by atoms with Crippen molar-refractivity contribution in [1.82, 2.24) is 5.43 Å². The van der Waals surface area contributed by atoms with Crippen LogP contribution in [0.4, 0.5) is 0 Å². The Bertz CT molecular complexity index is 109. The monoisotopic (exact) mass is 143 g/mol. The fourth-order valence-electron chi connectivity index (χ4n) is 0.695. The van der Waals surface area contributed by atoms with Crippen molar-refractivity contribution in [3.63, 3.8) is 0 Å². The second-order valence-electron chi connectivity index (χ2n) is 2.55. The molecule has 0 aliphatic heterocycles. The lowest BCUT2D eigenvalue weighted by Crippen LogP contribution is -2.23. The maximum absolute atomic E-state index is 5.28. The zero-order valence-electron chi connectivity index (χ0n) is 6.72. The number of rotatable bonds is 4. The second kappa shape index (κ2) is 5.11. The summed E-state index contributed by atoms with van der Waals surface area (Å²) in [7, 11) is 0. The molecule has 10 heavy (non-hydrogen) atoms. The van der Waals surface area contributed by atoms with Crippen molar-refractivity contribution in [3.05, 3.63) is 11.9 Å². The van der Waals surface area contributed by atoms with Crippen LogP contribution in [0.1, 0.15) is 26.7 Å². The van der Waals surface area contributed by atoms with Gasteiger partial charge in [0.1, 0.15) is 0 Å². The Kier molecular flexibility index (Phi) is 4.76. The van der Waals surface area contributed by atoms with Crippen LogP contribution < -0.4 is 17.0 Å². The summed E-state index contributed by atoms with van der Waals surface area (Å²) in [6.07, 6.45) is 3.61. The third kappa shape index (κ3) is 3.35. The summed E-state index contributed by atoms with van der Waals surface area (Å²) in [5, 5.41) is 0. The Morgan fingerprint density at radius 3 is 2.60 bits per heavy atom. The molecular formula is C7H17N3. The van der Waals surface area contributed by atoms with E-state index in [0.717, 1.165) is 18.5 Å². The third-order valence-electron chi connectivity index (χ3n) is 1.65. The number of hydrogen-bond donors (Lipinski definition) is 3. The predicted molar refractivity (Wildman–Crippen MR) is 43.7 cm³/mol. The van der Waals surface area contributed by atoms with Gasteiger partial charge in [-0.25, -0.2) is 0 Å². The first kappa shape index (κ1) is 9.30. The van der Waals surface area contributed by atoms with Gasteiger partial charge in [-0.3, -0.25) is 5.84 Å². The molecule has 5 N–H and O–H groups in total. The van der Waals surface area contributed by atoms with E-state index >= 15 is 0 Å². The average Bonchev–Trinajstić information content (AvgIpc) is 1.99. The molecule has 0 heterocycles. The molecule has 0 bridgehead atoms. The van der Waals surface area contributed by atoms with Crippen LogP contribution in [0.25, 0.3) is 0 Å². The van der Waals surface area contributed by atoms with Crippen LogP contribution in [0.15, 0.2) is 11.9 Å². The van der Waals surface area contributed by atoms with E-state index in [-0.39, 0.29) is 0 Å². The Hall–Kier alpha value is -0.700. The molecule has 60 valence electrons. The van der Waals surface area contributed by atoms with Crippen molar-refractivity contribution in [2.45, 2.75) is 26.7 Å². The minimum Gasteiger partial charge on any atom is -0.403 e. The molecule has 0 aromatic carbocycles. The van der Waals surface area contributed by atoms with Crippen molar-refractivity contribution in [3.8, 4) is 0 Å². The molecular weight excluding hydrogens is 126 g/mol. The maximum Gasteiger partial charge on any atom is 0.0416 e. The second-order valence-corrected chi connectivity index (χ2v) is 2.55. The van der Waals surface area contributed by atoms with E-state index in [1.54, 1.807) is 0 Å². The van der Waals surface area contributed by atoms with Gasteiger partial charge in [0.15, 0.2) is 0 Å². The number of nitrogens with one attached hydrogen (secondary N) is 1. The van der Waals surface area contributed by atoms with Crippen LogP contribution in [-0.2, 0) is 0 Å². The van der Waals surface area contributed by atoms with Gasteiger partial charge < -0.3 is 11.2 Å². The molecule has 1 unspecified atom stereocenters. The number of hydrogen-bond acceptors (Lipinski definition) is 3. The molecule has 0 aliphatic carbocycles. The molecule has 0 radical (unpaired) electrons. The lowest BCUT2D eigenvalue weighted by atomic mass is 10.0. The molecule has 3 nitrogen and oxygen atoms in total. The standard InChI is InChI=1S/C7H17N3/c1-3-6(2)4-7(5-8)10-9/h5-6,10H,3-4,8-9H2,1-2H3/b7-5-. The summed E-state index contributed by atoms with van der Waals surface area (Å²) in [4.78, 5) is 0. The lowest BCUT2D eigenvalue weighted by molar-refractivity contribution is 0.536. The average molecular weight is 143 g/mol. The SMILES string of the molecule is CCC(C)C/C(=C/N)NN. The minimum absolute atomic E-state index is 0.644. The van der Waals surface area contributed by atoms with Gasteiger partial charge in [-0.2, -0.15) is 0 Å². The van der Waals surface area contributed by atoms with E-state index in [1.165, 1.54) is 6.20 Å². The van der Waals surface area contributed by atoms with Gasteiger partial charge >= 0.3 is 0 Å². The van der Waals surface area contributed by atoms with Crippen LogP contribution >= 0.6 is 0 Å².